The molecular weight excluding hydrogens is 249 g/mol. The molecule has 18 heavy (non-hydrogen) atoms. The number of nitrogens with one attached hydrogen (secondary N) is 1. The van der Waals surface area contributed by atoms with Gasteiger partial charge in [-0.05, 0) is 30.9 Å². The fourth-order valence-electron chi connectivity index (χ4n) is 1.79. The van der Waals surface area contributed by atoms with Gasteiger partial charge < -0.3 is 5.32 Å². The number of rotatable bonds is 5. The summed E-state index contributed by atoms with van der Waals surface area (Å²) >= 11 is 5.75. The number of benzene rings is 1. The summed E-state index contributed by atoms with van der Waals surface area (Å²) in [4.78, 5) is 0. The van der Waals surface area contributed by atoms with E-state index < -0.39 is 0 Å². The monoisotopic (exact) mass is 267 g/mol. The van der Waals surface area contributed by atoms with Crippen molar-refractivity contribution in [3.05, 3.63) is 40.2 Å². The predicted molar refractivity (Wildman–Crippen MR) is 75.2 cm³/mol. The first-order valence-electron chi connectivity index (χ1n) is 6.45. The van der Waals surface area contributed by atoms with Gasteiger partial charge in [0.05, 0.1) is 0 Å². The molecule has 0 unspecified atom stereocenters. The van der Waals surface area contributed by atoms with E-state index in [-0.39, 0.29) is 5.82 Å². The lowest BCUT2D eigenvalue weighted by Crippen LogP contribution is -2.21. The van der Waals surface area contributed by atoms with Crippen molar-refractivity contribution >= 4 is 17.7 Å². The first kappa shape index (κ1) is 13.6. The molecule has 1 N–H and O–H groups in total. The molecular formula is C15H19ClFN. The molecule has 98 valence electrons. The maximum absolute atomic E-state index is 13.7. The van der Waals surface area contributed by atoms with Crippen LogP contribution in [0.1, 0.15) is 32.3 Å². The molecule has 0 aliphatic heterocycles. The van der Waals surface area contributed by atoms with Crippen molar-refractivity contribution in [1.29, 1.82) is 0 Å². The maximum Gasteiger partial charge on any atom is 0.131 e. The van der Waals surface area contributed by atoms with Crippen LogP contribution in [-0.4, -0.2) is 12.6 Å². The largest absolute Gasteiger partial charge is 0.310 e. The predicted octanol–water partition coefficient (Wildman–Crippen LogP) is 4.27. The fraction of sp³-hybridized carbons (Fsp3) is 0.467. The zero-order valence-electron chi connectivity index (χ0n) is 10.8. The molecule has 1 aliphatic carbocycles. The van der Waals surface area contributed by atoms with E-state index >= 15 is 0 Å². The van der Waals surface area contributed by atoms with E-state index in [1.807, 2.05) is 6.08 Å². The van der Waals surface area contributed by atoms with Crippen molar-refractivity contribution in [2.75, 3.05) is 6.54 Å². The first-order valence-corrected chi connectivity index (χ1v) is 6.83. The van der Waals surface area contributed by atoms with Crippen LogP contribution < -0.4 is 5.32 Å². The van der Waals surface area contributed by atoms with Gasteiger partial charge in [0.1, 0.15) is 5.82 Å². The average Bonchev–Trinajstić information content (AvgIpc) is 3.10. The van der Waals surface area contributed by atoms with Crippen LogP contribution in [0.2, 0.25) is 5.02 Å². The molecule has 0 aromatic heterocycles. The van der Waals surface area contributed by atoms with Crippen molar-refractivity contribution in [1.82, 2.24) is 5.32 Å². The van der Waals surface area contributed by atoms with Gasteiger partial charge in [-0.2, -0.15) is 0 Å². The van der Waals surface area contributed by atoms with Crippen LogP contribution in [0.15, 0.2) is 23.8 Å². The van der Waals surface area contributed by atoms with Gasteiger partial charge in [0, 0.05) is 23.2 Å². The Morgan fingerprint density at radius 1 is 1.50 bits per heavy atom. The Balaban J connectivity index is 2.14. The Kier molecular flexibility index (Phi) is 4.41. The zero-order chi connectivity index (χ0) is 13.1. The minimum absolute atomic E-state index is 0.257. The van der Waals surface area contributed by atoms with E-state index in [4.69, 9.17) is 11.6 Å². The summed E-state index contributed by atoms with van der Waals surface area (Å²) in [6.07, 6.45) is 4.47. The Labute approximate surface area is 113 Å². The second-order valence-electron chi connectivity index (χ2n) is 5.19. The molecule has 0 saturated heterocycles. The normalized spacial score (nSPS) is 16.4. The molecule has 0 amide bonds. The zero-order valence-corrected chi connectivity index (χ0v) is 11.6. The third-order valence-electron chi connectivity index (χ3n) is 3.22. The van der Waals surface area contributed by atoms with Gasteiger partial charge in [-0.15, -0.1) is 0 Å². The van der Waals surface area contributed by atoms with Gasteiger partial charge >= 0.3 is 0 Å². The van der Waals surface area contributed by atoms with Crippen molar-refractivity contribution in [3.8, 4) is 0 Å². The smallest absolute Gasteiger partial charge is 0.131 e. The topological polar surface area (TPSA) is 12.0 Å². The minimum Gasteiger partial charge on any atom is -0.310 e. The van der Waals surface area contributed by atoms with E-state index in [0.717, 1.165) is 6.54 Å². The lowest BCUT2D eigenvalue weighted by molar-refractivity contribution is 0.623. The summed E-state index contributed by atoms with van der Waals surface area (Å²) < 4.78 is 13.7. The highest BCUT2D eigenvalue weighted by Crippen LogP contribution is 2.22. The second-order valence-corrected chi connectivity index (χ2v) is 5.63. The van der Waals surface area contributed by atoms with Crippen molar-refractivity contribution in [2.24, 2.45) is 5.92 Å². The molecule has 2 rings (SSSR count). The molecule has 3 heteroatoms. The van der Waals surface area contributed by atoms with Crippen LogP contribution in [0, 0.1) is 11.7 Å². The Hall–Kier alpha value is -0.860. The van der Waals surface area contributed by atoms with E-state index in [0.29, 0.717) is 22.5 Å². The molecule has 1 fully saturated rings. The molecule has 1 saturated carbocycles. The van der Waals surface area contributed by atoms with Gasteiger partial charge in [0.25, 0.3) is 0 Å². The highest BCUT2D eigenvalue weighted by molar-refractivity contribution is 6.30. The third kappa shape index (κ3) is 3.82. The summed E-state index contributed by atoms with van der Waals surface area (Å²) in [7, 11) is 0. The summed E-state index contributed by atoms with van der Waals surface area (Å²) in [5.74, 6) is 0.151. The molecule has 0 bridgehead atoms. The van der Waals surface area contributed by atoms with Gasteiger partial charge in [0.2, 0.25) is 0 Å². The van der Waals surface area contributed by atoms with Crippen molar-refractivity contribution < 1.29 is 4.39 Å². The summed E-state index contributed by atoms with van der Waals surface area (Å²) in [6.45, 7) is 5.10. The van der Waals surface area contributed by atoms with Crippen LogP contribution >= 0.6 is 11.6 Å². The first-order chi connectivity index (χ1) is 8.56. The number of hydrogen-bond acceptors (Lipinski definition) is 1. The van der Waals surface area contributed by atoms with E-state index in [1.165, 1.54) is 24.5 Å². The molecule has 1 nitrogen and oxygen atoms in total. The average molecular weight is 268 g/mol. The van der Waals surface area contributed by atoms with Crippen molar-refractivity contribution in [3.63, 3.8) is 0 Å². The molecule has 1 aliphatic rings. The van der Waals surface area contributed by atoms with Crippen LogP contribution in [0.3, 0.4) is 0 Å². The Morgan fingerprint density at radius 3 is 2.78 bits per heavy atom. The van der Waals surface area contributed by atoms with E-state index in [1.54, 1.807) is 12.1 Å². The molecule has 0 atom stereocenters. The Bertz CT molecular complexity index is 450. The summed E-state index contributed by atoms with van der Waals surface area (Å²) in [5, 5.41) is 3.91. The molecule has 0 spiro atoms. The van der Waals surface area contributed by atoms with Crippen LogP contribution in [0.25, 0.3) is 6.08 Å². The van der Waals surface area contributed by atoms with Gasteiger partial charge in [-0.3, -0.25) is 0 Å². The number of hydrogen-bond donors (Lipinski definition) is 1. The van der Waals surface area contributed by atoms with Crippen LogP contribution in [0.4, 0.5) is 4.39 Å². The lowest BCUT2D eigenvalue weighted by atomic mass is 10.00. The Morgan fingerprint density at radius 2 is 2.22 bits per heavy atom. The van der Waals surface area contributed by atoms with Gasteiger partial charge in [0.15, 0.2) is 0 Å². The van der Waals surface area contributed by atoms with Gasteiger partial charge in [-0.1, -0.05) is 43.2 Å². The fourth-order valence-corrected chi connectivity index (χ4v) is 1.95. The summed E-state index contributed by atoms with van der Waals surface area (Å²) in [5.41, 5.74) is 1.84. The third-order valence-corrected chi connectivity index (χ3v) is 3.45. The van der Waals surface area contributed by atoms with Gasteiger partial charge in [-0.25, -0.2) is 4.39 Å². The minimum atomic E-state index is -0.257. The maximum atomic E-state index is 13.7. The van der Waals surface area contributed by atoms with E-state index in [9.17, 15) is 4.39 Å². The van der Waals surface area contributed by atoms with Crippen LogP contribution in [-0.2, 0) is 0 Å². The SMILES string of the molecule is CC(C)/C(=C/c1ccc(Cl)cc1F)CNC1CC1. The molecule has 0 radical (unpaired) electrons. The van der Waals surface area contributed by atoms with E-state index in [2.05, 4.69) is 19.2 Å². The van der Waals surface area contributed by atoms with Crippen LogP contribution in [0.5, 0.6) is 0 Å². The molecule has 0 heterocycles. The standard InChI is InChI=1S/C15H19ClFN/c1-10(2)12(9-18-14-5-6-14)7-11-3-4-13(16)8-15(11)17/h3-4,7-8,10,14,18H,5-6,9H2,1-2H3/b12-7+. The summed E-state index contributed by atoms with van der Waals surface area (Å²) in [6, 6.07) is 5.49. The lowest BCUT2D eigenvalue weighted by Gasteiger charge is -2.13. The van der Waals surface area contributed by atoms with Crippen molar-refractivity contribution in [2.45, 2.75) is 32.7 Å². The highest BCUT2D eigenvalue weighted by Gasteiger charge is 2.20. The second kappa shape index (κ2) is 5.85. The molecule has 1 aromatic rings. The number of halogens is 2. The highest BCUT2D eigenvalue weighted by atomic mass is 35.5. The quantitative estimate of drug-likeness (QED) is 0.840. The molecule has 1 aromatic carbocycles.